The minimum atomic E-state index is 0.361. The van der Waals surface area contributed by atoms with Crippen LogP contribution in [-0.2, 0) is 4.74 Å². The molecule has 0 amide bonds. The molecular formula is C16H35N3O. The number of ether oxygens (including phenoxy) is 1. The van der Waals surface area contributed by atoms with Crippen molar-refractivity contribution < 1.29 is 4.74 Å². The molecule has 1 aliphatic rings. The molecule has 0 bridgehead atoms. The second kappa shape index (κ2) is 9.72. The van der Waals surface area contributed by atoms with Crippen LogP contribution in [0.1, 0.15) is 34.1 Å². The van der Waals surface area contributed by atoms with E-state index in [1.54, 1.807) is 0 Å². The Morgan fingerprint density at radius 2 is 2.05 bits per heavy atom. The van der Waals surface area contributed by atoms with Crippen molar-refractivity contribution in [3.05, 3.63) is 0 Å². The lowest BCUT2D eigenvalue weighted by Crippen LogP contribution is -2.48. The number of nitrogens with zero attached hydrogens (tertiary/aromatic N) is 2. The van der Waals surface area contributed by atoms with E-state index < -0.39 is 0 Å². The van der Waals surface area contributed by atoms with E-state index in [4.69, 9.17) is 4.74 Å². The largest absolute Gasteiger partial charge is 0.374 e. The standard InChI is InChI=1S/C16H35N3O/c1-14(2)12-18(5)7-6-8-19-9-10-20-16(13-19)11-17-15(3)4/h14-17H,6-13H2,1-5H3. The van der Waals surface area contributed by atoms with Crippen molar-refractivity contribution in [1.29, 1.82) is 0 Å². The molecule has 0 radical (unpaired) electrons. The normalized spacial score (nSPS) is 21.3. The van der Waals surface area contributed by atoms with Crippen LogP contribution in [0.2, 0.25) is 0 Å². The average molecular weight is 285 g/mol. The topological polar surface area (TPSA) is 27.7 Å². The Kier molecular flexibility index (Phi) is 8.69. The molecule has 4 heteroatoms. The van der Waals surface area contributed by atoms with E-state index in [2.05, 4.69) is 49.9 Å². The number of morpholine rings is 1. The summed E-state index contributed by atoms with van der Waals surface area (Å²) in [5, 5.41) is 3.47. The van der Waals surface area contributed by atoms with Crippen molar-refractivity contribution in [1.82, 2.24) is 15.1 Å². The Hall–Kier alpha value is -0.160. The van der Waals surface area contributed by atoms with Crippen LogP contribution in [0.3, 0.4) is 0 Å². The summed E-state index contributed by atoms with van der Waals surface area (Å²) >= 11 is 0. The maximum Gasteiger partial charge on any atom is 0.0826 e. The Balaban J connectivity index is 2.13. The number of nitrogens with one attached hydrogen (secondary N) is 1. The van der Waals surface area contributed by atoms with Gasteiger partial charge in [-0.1, -0.05) is 27.7 Å². The summed E-state index contributed by atoms with van der Waals surface area (Å²) in [6.45, 7) is 16.6. The fourth-order valence-electron chi connectivity index (χ4n) is 2.75. The zero-order valence-electron chi connectivity index (χ0n) is 14.2. The quantitative estimate of drug-likeness (QED) is 0.697. The number of rotatable bonds is 9. The third-order valence-electron chi connectivity index (χ3n) is 3.67. The van der Waals surface area contributed by atoms with Gasteiger partial charge >= 0.3 is 0 Å². The Bertz CT molecular complexity index is 246. The molecule has 1 saturated heterocycles. The van der Waals surface area contributed by atoms with Crippen LogP contribution in [0.25, 0.3) is 0 Å². The fourth-order valence-corrected chi connectivity index (χ4v) is 2.75. The molecule has 1 atom stereocenters. The van der Waals surface area contributed by atoms with E-state index in [0.717, 1.165) is 32.2 Å². The summed E-state index contributed by atoms with van der Waals surface area (Å²) in [7, 11) is 2.23. The second-order valence-electron chi connectivity index (χ2n) is 6.87. The third kappa shape index (κ3) is 8.20. The SMILES string of the molecule is CC(C)CN(C)CCCN1CCOC(CNC(C)C)C1. The summed E-state index contributed by atoms with van der Waals surface area (Å²) in [6, 6.07) is 0.540. The van der Waals surface area contributed by atoms with Gasteiger partial charge in [0.15, 0.2) is 0 Å². The van der Waals surface area contributed by atoms with Gasteiger partial charge in [0, 0.05) is 32.2 Å². The van der Waals surface area contributed by atoms with Crippen LogP contribution in [0.15, 0.2) is 0 Å². The molecule has 1 rings (SSSR count). The van der Waals surface area contributed by atoms with Crippen molar-refractivity contribution >= 4 is 0 Å². The number of hydrogen-bond donors (Lipinski definition) is 1. The van der Waals surface area contributed by atoms with Crippen molar-refractivity contribution in [3.63, 3.8) is 0 Å². The summed E-state index contributed by atoms with van der Waals surface area (Å²) in [5.41, 5.74) is 0. The molecule has 0 saturated carbocycles. The molecule has 0 aromatic carbocycles. The summed E-state index contributed by atoms with van der Waals surface area (Å²) in [4.78, 5) is 5.00. The first kappa shape index (κ1) is 17.9. The van der Waals surface area contributed by atoms with E-state index in [9.17, 15) is 0 Å². The molecule has 20 heavy (non-hydrogen) atoms. The van der Waals surface area contributed by atoms with Crippen molar-refractivity contribution in [2.45, 2.75) is 46.3 Å². The van der Waals surface area contributed by atoms with Gasteiger partial charge in [-0.2, -0.15) is 0 Å². The molecular weight excluding hydrogens is 250 g/mol. The number of hydrogen-bond acceptors (Lipinski definition) is 4. The molecule has 1 unspecified atom stereocenters. The molecule has 1 aliphatic heterocycles. The zero-order chi connectivity index (χ0) is 15.0. The first-order chi connectivity index (χ1) is 9.47. The molecule has 0 aliphatic carbocycles. The third-order valence-corrected chi connectivity index (χ3v) is 3.67. The highest BCUT2D eigenvalue weighted by Gasteiger charge is 2.20. The highest BCUT2D eigenvalue weighted by Crippen LogP contribution is 2.06. The lowest BCUT2D eigenvalue weighted by atomic mass is 10.2. The smallest absolute Gasteiger partial charge is 0.0826 e. The fraction of sp³-hybridized carbons (Fsp3) is 1.00. The molecule has 4 nitrogen and oxygen atoms in total. The summed E-state index contributed by atoms with van der Waals surface area (Å²) < 4.78 is 5.82. The van der Waals surface area contributed by atoms with Crippen LogP contribution in [0, 0.1) is 5.92 Å². The zero-order valence-corrected chi connectivity index (χ0v) is 14.2. The minimum Gasteiger partial charge on any atom is -0.374 e. The van der Waals surface area contributed by atoms with Gasteiger partial charge in [0.25, 0.3) is 0 Å². The first-order valence-corrected chi connectivity index (χ1v) is 8.23. The van der Waals surface area contributed by atoms with E-state index in [0.29, 0.717) is 12.1 Å². The summed E-state index contributed by atoms with van der Waals surface area (Å²) in [6.07, 6.45) is 1.62. The van der Waals surface area contributed by atoms with Gasteiger partial charge in [-0.25, -0.2) is 0 Å². The van der Waals surface area contributed by atoms with Crippen molar-refractivity contribution in [2.24, 2.45) is 5.92 Å². The Morgan fingerprint density at radius 3 is 2.70 bits per heavy atom. The van der Waals surface area contributed by atoms with Gasteiger partial charge in [0.05, 0.1) is 12.7 Å². The predicted octanol–water partition coefficient (Wildman–Crippen LogP) is 1.66. The van der Waals surface area contributed by atoms with Crippen LogP contribution in [0.4, 0.5) is 0 Å². The summed E-state index contributed by atoms with van der Waals surface area (Å²) in [5.74, 6) is 0.759. The molecule has 0 spiro atoms. The van der Waals surface area contributed by atoms with Crippen LogP contribution in [0.5, 0.6) is 0 Å². The maximum atomic E-state index is 5.82. The Morgan fingerprint density at radius 1 is 1.30 bits per heavy atom. The van der Waals surface area contributed by atoms with Crippen LogP contribution < -0.4 is 5.32 Å². The van der Waals surface area contributed by atoms with Gasteiger partial charge in [-0.05, 0) is 32.5 Å². The van der Waals surface area contributed by atoms with Crippen molar-refractivity contribution in [3.8, 4) is 0 Å². The van der Waals surface area contributed by atoms with E-state index in [1.807, 2.05) is 0 Å². The van der Waals surface area contributed by atoms with Crippen molar-refractivity contribution in [2.75, 3.05) is 52.9 Å². The highest BCUT2D eigenvalue weighted by atomic mass is 16.5. The molecule has 0 aromatic rings. The molecule has 120 valence electrons. The van der Waals surface area contributed by atoms with Gasteiger partial charge in [-0.15, -0.1) is 0 Å². The van der Waals surface area contributed by atoms with Crippen LogP contribution in [-0.4, -0.2) is 74.9 Å². The highest BCUT2D eigenvalue weighted by molar-refractivity contribution is 4.74. The molecule has 1 fully saturated rings. The molecule has 1 N–H and O–H groups in total. The first-order valence-electron chi connectivity index (χ1n) is 8.23. The van der Waals surface area contributed by atoms with Gasteiger partial charge < -0.3 is 15.0 Å². The Labute approximate surface area is 125 Å². The average Bonchev–Trinajstić information content (AvgIpc) is 2.36. The van der Waals surface area contributed by atoms with E-state index in [1.165, 1.54) is 26.1 Å². The lowest BCUT2D eigenvalue weighted by Gasteiger charge is -2.33. The maximum absolute atomic E-state index is 5.82. The monoisotopic (exact) mass is 285 g/mol. The van der Waals surface area contributed by atoms with E-state index in [-0.39, 0.29) is 0 Å². The predicted molar refractivity (Wildman–Crippen MR) is 86.3 cm³/mol. The lowest BCUT2D eigenvalue weighted by molar-refractivity contribution is -0.0284. The molecule has 0 aromatic heterocycles. The van der Waals surface area contributed by atoms with E-state index >= 15 is 0 Å². The molecule has 1 heterocycles. The minimum absolute atomic E-state index is 0.361. The van der Waals surface area contributed by atoms with Gasteiger partial charge in [0.2, 0.25) is 0 Å². The van der Waals surface area contributed by atoms with Gasteiger partial charge in [-0.3, -0.25) is 4.90 Å². The second-order valence-corrected chi connectivity index (χ2v) is 6.87. The van der Waals surface area contributed by atoms with Crippen LogP contribution >= 0.6 is 0 Å². The van der Waals surface area contributed by atoms with Gasteiger partial charge in [0.1, 0.15) is 0 Å².